The summed E-state index contributed by atoms with van der Waals surface area (Å²) in [6.45, 7) is 5.44. The van der Waals surface area contributed by atoms with Crippen molar-refractivity contribution in [2.24, 2.45) is 0 Å². The highest BCUT2D eigenvalue weighted by atomic mass is 19.1. The molecule has 5 nitrogen and oxygen atoms in total. The summed E-state index contributed by atoms with van der Waals surface area (Å²) in [5.41, 5.74) is 1.40. The Labute approximate surface area is 187 Å². The Morgan fingerprint density at radius 3 is 2.50 bits per heavy atom. The van der Waals surface area contributed by atoms with Gasteiger partial charge in [0.2, 0.25) is 0 Å². The number of halogens is 1. The maximum atomic E-state index is 13.8. The molecule has 168 valence electrons. The Morgan fingerprint density at radius 1 is 1.12 bits per heavy atom. The van der Waals surface area contributed by atoms with E-state index in [-0.39, 0.29) is 23.5 Å². The van der Waals surface area contributed by atoms with Crippen molar-refractivity contribution in [3.8, 4) is 5.75 Å². The lowest BCUT2D eigenvalue weighted by Crippen LogP contribution is -2.37. The van der Waals surface area contributed by atoms with E-state index in [1.807, 2.05) is 38.1 Å². The Kier molecular flexibility index (Phi) is 6.04. The van der Waals surface area contributed by atoms with E-state index >= 15 is 0 Å². The molecule has 1 atom stereocenters. The maximum absolute atomic E-state index is 13.8. The molecule has 1 N–H and O–H groups in total. The van der Waals surface area contributed by atoms with Crippen LogP contribution in [0.3, 0.4) is 0 Å². The second-order valence-corrected chi connectivity index (χ2v) is 8.85. The maximum Gasteiger partial charge on any atom is 0.295 e. The van der Waals surface area contributed by atoms with Crippen LogP contribution in [0.1, 0.15) is 62.3 Å². The van der Waals surface area contributed by atoms with Crippen molar-refractivity contribution in [2.45, 2.75) is 64.6 Å². The first-order valence-corrected chi connectivity index (χ1v) is 11.1. The van der Waals surface area contributed by atoms with Crippen LogP contribution in [0.4, 0.5) is 4.39 Å². The third-order valence-electron chi connectivity index (χ3n) is 6.18. The van der Waals surface area contributed by atoms with Crippen LogP contribution >= 0.6 is 0 Å². The molecular formula is C26H28FNO4. The molecular weight excluding hydrogens is 409 g/mol. The van der Waals surface area contributed by atoms with E-state index < -0.39 is 23.5 Å². The largest absolute Gasteiger partial charge is 0.507 e. The summed E-state index contributed by atoms with van der Waals surface area (Å²) in [4.78, 5) is 27.9. The van der Waals surface area contributed by atoms with E-state index in [0.29, 0.717) is 22.4 Å². The molecule has 32 heavy (non-hydrogen) atoms. The van der Waals surface area contributed by atoms with Crippen LogP contribution in [0.2, 0.25) is 0 Å². The summed E-state index contributed by atoms with van der Waals surface area (Å²) in [6, 6.07) is 10.7. The molecule has 2 fully saturated rings. The second kappa shape index (κ2) is 8.77. The predicted molar refractivity (Wildman–Crippen MR) is 120 cm³/mol. The molecule has 1 aliphatic heterocycles. The lowest BCUT2D eigenvalue weighted by Gasteiger charge is -2.31. The molecule has 1 saturated heterocycles. The first kappa shape index (κ1) is 22.1. The van der Waals surface area contributed by atoms with Crippen LogP contribution in [0, 0.1) is 12.7 Å². The van der Waals surface area contributed by atoms with Gasteiger partial charge in [0.1, 0.15) is 17.3 Å². The van der Waals surface area contributed by atoms with Crippen LogP contribution < -0.4 is 4.74 Å². The number of hydrogen-bond acceptors (Lipinski definition) is 4. The average molecular weight is 438 g/mol. The molecule has 0 bridgehead atoms. The second-order valence-electron chi connectivity index (χ2n) is 8.85. The minimum Gasteiger partial charge on any atom is -0.507 e. The molecule has 1 amide bonds. The van der Waals surface area contributed by atoms with Crippen molar-refractivity contribution in [3.63, 3.8) is 0 Å². The van der Waals surface area contributed by atoms with Crippen LogP contribution in [-0.4, -0.2) is 33.8 Å². The molecule has 0 radical (unpaired) electrons. The van der Waals surface area contributed by atoms with Gasteiger partial charge in [-0.25, -0.2) is 4.39 Å². The molecule has 2 aliphatic rings. The van der Waals surface area contributed by atoms with Gasteiger partial charge < -0.3 is 14.7 Å². The number of Topliss-reactive ketones (excluding diaryl/α,β-unsaturated/α-hetero) is 1. The van der Waals surface area contributed by atoms with Crippen molar-refractivity contribution in [3.05, 3.63) is 70.5 Å². The minimum absolute atomic E-state index is 0.0337. The molecule has 1 heterocycles. The van der Waals surface area contributed by atoms with E-state index in [1.54, 1.807) is 11.8 Å². The third-order valence-corrected chi connectivity index (χ3v) is 6.18. The number of aryl methyl sites for hydroxylation is 1. The normalized spacial score (nSPS) is 21.0. The smallest absolute Gasteiger partial charge is 0.295 e. The monoisotopic (exact) mass is 437 g/mol. The standard InChI is InChI=1S/C26H28FNO4/c1-15(2)32-20-10-6-7-17(14-20)23-22(24(29)18-11-12-21(27)16(3)13-18)25(30)26(31)28(23)19-8-4-5-9-19/h6-7,10-15,19,23,29H,4-5,8-9H2,1-3H3/b24-22-. The number of benzene rings is 2. The number of aliphatic hydroxyl groups excluding tert-OH is 1. The van der Waals surface area contributed by atoms with Gasteiger partial charge in [-0.2, -0.15) is 0 Å². The van der Waals surface area contributed by atoms with Crippen molar-refractivity contribution in [1.29, 1.82) is 0 Å². The van der Waals surface area contributed by atoms with Gasteiger partial charge in [-0.05, 0) is 75.1 Å². The molecule has 4 rings (SSSR count). The predicted octanol–water partition coefficient (Wildman–Crippen LogP) is 5.29. The van der Waals surface area contributed by atoms with Crippen LogP contribution in [-0.2, 0) is 9.59 Å². The van der Waals surface area contributed by atoms with Crippen molar-refractivity contribution >= 4 is 17.4 Å². The van der Waals surface area contributed by atoms with E-state index in [1.165, 1.54) is 18.2 Å². The highest BCUT2D eigenvalue weighted by Crippen LogP contribution is 2.44. The number of nitrogens with zero attached hydrogens (tertiary/aromatic N) is 1. The van der Waals surface area contributed by atoms with Gasteiger partial charge in [-0.1, -0.05) is 25.0 Å². The van der Waals surface area contributed by atoms with Crippen molar-refractivity contribution in [1.82, 2.24) is 4.90 Å². The minimum atomic E-state index is -0.723. The number of carbonyl (C=O) groups excluding carboxylic acids is 2. The highest BCUT2D eigenvalue weighted by molar-refractivity contribution is 6.46. The van der Waals surface area contributed by atoms with Gasteiger partial charge in [-0.3, -0.25) is 9.59 Å². The quantitative estimate of drug-likeness (QED) is 0.392. The Balaban J connectivity index is 1.88. The van der Waals surface area contributed by atoms with Crippen molar-refractivity contribution < 1.29 is 23.8 Å². The molecule has 1 aliphatic carbocycles. The van der Waals surface area contributed by atoms with Gasteiger partial charge in [0.05, 0.1) is 17.7 Å². The number of ketones is 1. The summed E-state index contributed by atoms with van der Waals surface area (Å²) < 4.78 is 19.6. The van der Waals surface area contributed by atoms with Gasteiger partial charge in [-0.15, -0.1) is 0 Å². The molecule has 2 aromatic rings. The molecule has 1 saturated carbocycles. The SMILES string of the molecule is Cc1cc(/C(O)=C2/C(=O)C(=O)N(C3CCCC3)C2c2cccc(OC(C)C)c2)ccc1F. The molecule has 2 aromatic carbocycles. The molecule has 6 heteroatoms. The number of rotatable bonds is 5. The molecule has 1 unspecified atom stereocenters. The summed E-state index contributed by atoms with van der Waals surface area (Å²) in [7, 11) is 0. The number of carbonyl (C=O) groups is 2. The van der Waals surface area contributed by atoms with Crippen LogP contribution in [0.25, 0.3) is 5.76 Å². The number of amides is 1. The summed E-state index contributed by atoms with van der Waals surface area (Å²) in [5.74, 6) is -1.36. The van der Waals surface area contributed by atoms with E-state index in [4.69, 9.17) is 4.74 Å². The van der Waals surface area contributed by atoms with Gasteiger partial charge in [0, 0.05) is 11.6 Å². The fraction of sp³-hybridized carbons (Fsp3) is 0.385. The topological polar surface area (TPSA) is 66.8 Å². The third kappa shape index (κ3) is 4.01. The lowest BCUT2D eigenvalue weighted by molar-refractivity contribution is -0.141. The molecule has 0 aromatic heterocycles. The Morgan fingerprint density at radius 2 is 1.84 bits per heavy atom. The van der Waals surface area contributed by atoms with Gasteiger partial charge >= 0.3 is 0 Å². The zero-order valence-electron chi connectivity index (χ0n) is 18.6. The Hall–Kier alpha value is -3.15. The lowest BCUT2D eigenvalue weighted by atomic mass is 9.94. The zero-order valence-corrected chi connectivity index (χ0v) is 18.6. The summed E-state index contributed by atoms with van der Waals surface area (Å²) in [6.07, 6.45) is 3.60. The highest BCUT2D eigenvalue weighted by Gasteiger charge is 2.49. The number of likely N-dealkylation sites (tertiary alicyclic amines) is 1. The average Bonchev–Trinajstić information content (AvgIpc) is 3.36. The van der Waals surface area contributed by atoms with Crippen LogP contribution in [0.15, 0.2) is 48.0 Å². The zero-order chi connectivity index (χ0) is 23.0. The van der Waals surface area contributed by atoms with Crippen LogP contribution in [0.5, 0.6) is 5.75 Å². The number of hydrogen-bond donors (Lipinski definition) is 1. The number of ether oxygens (including phenoxy) is 1. The fourth-order valence-electron chi connectivity index (χ4n) is 4.71. The van der Waals surface area contributed by atoms with Gasteiger partial charge in [0.15, 0.2) is 0 Å². The number of aliphatic hydroxyl groups is 1. The van der Waals surface area contributed by atoms with Gasteiger partial charge in [0.25, 0.3) is 11.7 Å². The summed E-state index contributed by atoms with van der Waals surface area (Å²) in [5, 5.41) is 11.2. The van der Waals surface area contributed by atoms with E-state index in [9.17, 15) is 19.1 Å². The Bertz CT molecular complexity index is 1080. The first-order valence-electron chi connectivity index (χ1n) is 11.1. The van der Waals surface area contributed by atoms with E-state index in [0.717, 1.165) is 25.7 Å². The molecule has 0 spiro atoms. The van der Waals surface area contributed by atoms with Crippen molar-refractivity contribution in [2.75, 3.05) is 0 Å². The fourth-order valence-corrected chi connectivity index (χ4v) is 4.71. The summed E-state index contributed by atoms with van der Waals surface area (Å²) >= 11 is 0. The van der Waals surface area contributed by atoms with E-state index in [2.05, 4.69) is 0 Å². The first-order chi connectivity index (χ1) is 15.3.